The fourth-order valence-electron chi connectivity index (χ4n) is 3.88. The normalized spacial score (nSPS) is 24.0. The maximum Gasteiger partial charge on any atom is 0.141 e. The smallest absolute Gasteiger partial charge is 0.141 e. The average Bonchev–Trinajstić information content (AvgIpc) is 3.04. The lowest BCUT2D eigenvalue weighted by atomic mass is 9.89. The molecule has 0 radical (unpaired) electrons. The van der Waals surface area contributed by atoms with Crippen molar-refractivity contribution >= 4 is 11.6 Å². The summed E-state index contributed by atoms with van der Waals surface area (Å²) in [6, 6.07) is 0.576. The number of nitrogens with one attached hydrogen (secondary N) is 1. The van der Waals surface area contributed by atoms with E-state index in [-0.39, 0.29) is 0 Å². The van der Waals surface area contributed by atoms with Crippen molar-refractivity contribution < 1.29 is 9.47 Å². The lowest BCUT2D eigenvalue weighted by Gasteiger charge is -2.30. The van der Waals surface area contributed by atoms with E-state index in [4.69, 9.17) is 21.1 Å². The van der Waals surface area contributed by atoms with Crippen LogP contribution < -0.4 is 14.8 Å². The van der Waals surface area contributed by atoms with Crippen LogP contribution in [0.1, 0.15) is 42.4 Å². The van der Waals surface area contributed by atoms with Crippen molar-refractivity contribution in [3.63, 3.8) is 0 Å². The van der Waals surface area contributed by atoms with Crippen LogP contribution in [0.15, 0.2) is 0 Å². The van der Waals surface area contributed by atoms with Gasteiger partial charge in [-0.15, -0.1) is 0 Å². The molecular formula is C17H22ClNO2. The number of halogens is 1. The molecule has 1 aromatic carbocycles. The molecule has 3 aliphatic rings. The molecule has 1 aromatic rings. The van der Waals surface area contributed by atoms with Gasteiger partial charge in [0.05, 0.1) is 18.2 Å². The zero-order valence-corrected chi connectivity index (χ0v) is 13.1. The summed E-state index contributed by atoms with van der Waals surface area (Å²) in [7, 11) is 0. The first-order valence-electron chi connectivity index (χ1n) is 8.19. The van der Waals surface area contributed by atoms with Gasteiger partial charge in [0.15, 0.2) is 0 Å². The summed E-state index contributed by atoms with van der Waals surface area (Å²) in [6.07, 6.45) is 7.78. The molecule has 0 aliphatic carbocycles. The Morgan fingerprint density at radius 1 is 1.00 bits per heavy atom. The van der Waals surface area contributed by atoms with Crippen molar-refractivity contribution in [3.05, 3.63) is 21.7 Å². The topological polar surface area (TPSA) is 30.5 Å². The minimum atomic E-state index is 0.576. The number of hydrogen-bond acceptors (Lipinski definition) is 3. The fraction of sp³-hybridized carbons (Fsp3) is 0.647. The number of fused-ring (bicyclic) bond motifs is 2. The van der Waals surface area contributed by atoms with E-state index in [1.165, 1.54) is 29.5 Å². The lowest BCUT2D eigenvalue weighted by Crippen LogP contribution is -2.26. The molecule has 1 unspecified atom stereocenters. The molecule has 1 saturated heterocycles. The summed E-state index contributed by atoms with van der Waals surface area (Å²) >= 11 is 6.61. The molecule has 0 saturated carbocycles. The monoisotopic (exact) mass is 307 g/mol. The average molecular weight is 308 g/mol. The first-order chi connectivity index (χ1) is 10.3. The predicted octanol–water partition coefficient (Wildman–Crippen LogP) is 3.28. The Bertz CT molecular complexity index is 515. The van der Waals surface area contributed by atoms with Crippen molar-refractivity contribution in [2.45, 2.75) is 51.0 Å². The molecule has 3 aliphatic heterocycles. The van der Waals surface area contributed by atoms with E-state index in [0.717, 1.165) is 68.4 Å². The first kappa shape index (κ1) is 13.7. The van der Waals surface area contributed by atoms with E-state index in [9.17, 15) is 0 Å². The zero-order chi connectivity index (χ0) is 14.2. The zero-order valence-electron chi connectivity index (χ0n) is 12.3. The standard InChI is InChI=1S/C17H22ClNO2/c18-15-13-6-3-8-20-16(13)14(10-11-4-1-7-19-11)12-5-2-9-21-17(12)15/h11,19H,1-10H2. The largest absolute Gasteiger partial charge is 0.493 e. The summed E-state index contributed by atoms with van der Waals surface area (Å²) in [4.78, 5) is 0. The fourth-order valence-corrected chi connectivity index (χ4v) is 4.23. The van der Waals surface area contributed by atoms with E-state index >= 15 is 0 Å². The molecular weight excluding hydrogens is 286 g/mol. The maximum absolute atomic E-state index is 6.61. The Morgan fingerprint density at radius 2 is 1.76 bits per heavy atom. The molecule has 1 N–H and O–H groups in total. The molecule has 3 heterocycles. The van der Waals surface area contributed by atoms with Gasteiger partial charge in [-0.05, 0) is 51.5 Å². The predicted molar refractivity (Wildman–Crippen MR) is 83.8 cm³/mol. The van der Waals surface area contributed by atoms with Crippen LogP contribution in [0.4, 0.5) is 0 Å². The Balaban J connectivity index is 1.81. The summed E-state index contributed by atoms with van der Waals surface area (Å²) in [5.74, 6) is 2.02. The highest BCUT2D eigenvalue weighted by Crippen LogP contribution is 2.46. The van der Waals surface area contributed by atoms with E-state index in [1.807, 2.05) is 0 Å². The van der Waals surface area contributed by atoms with E-state index in [2.05, 4.69) is 5.32 Å². The van der Waals surface area contributed by atoms with E-state index in [0.29, 0.717) is 6.04 Å². The van der Waals surface area contributed by atoms with Gasteiger partial charge in [0.2, 0.25) is 0 Å². The second-order valence-corrected chi connectivity index (χ2v) is 6.69. The minimum Gasteiger partial charge on any atom is -0.493 e. The van der Waals surface area contributed by atoms with Gasteiger partial charge in [-0.2, -0.15) is 0 Å². The van der Waals surface area contributed by atoms with Crippen LogP contribution in [0.3, 0.4) is 0 Å². The van der Waals surface area contributed by atoms with Crippen molar-refractivity contribution in [1.29, 1.82) is 0 Å². The summed E-state index contributed by atoms with van der Waals surface area (Å²) in [5.41, 5.74) is 3.85. The Kier molecular flexibility index (Phi) is 3.72. The molecule has 0 bridgehead atoms. The molecule has 1 atom stereocenters. The molecule has 0 spiro atoms. The van der Waals surface area contributed by atoms with Gasteiger partial charge in [-0.25, -0.2) is 0 Å². The number of hydrogen-bond donors (Lipinski definition) is 1. The second-order valence-electron chi connectivity index (χ2n) is 6.31. The highest BCUT2D eigenvalue weighted by molar-refractivity contribution is 6.33. The van der Waals surface area contributed by atoms with Crippen LogP contribution in [-0.2, 0) is 19.3 Å². The quantitative estimate of drug-likeness (QED) is 0.909. The molecule has 4 rings (SSSR count). The second kappa shape index (κ2) is 5.69. The van der Waals surface area contributed by atoms with Gasteiger partial charge in [0.1, 0.15) is 11.5 Å². The molecule has 0 aromatic heterocycles. The van der Waals surface area contributed by atoms with E-state index < -0.39 is 0 Å². The van der Waals surface area contributed by atoms with E-state index in [1.54, 1.807) is 0 Å². The van der Waals surface area contributed by atoms with Gasteiger partial charge in [0, 0.05) is 22.7 Å². The van der Waals surface area contributed by atoms with Crippen LogP contribution in [-0.4, -0.2) is 25.8 Å². The lowest BCUT2D eigenvalue weighted by molar-refractivity contribution is 0.269. The molecule has 1 fully saturated rings. The summed E-state index contributed by atoms with van der Waals surface area (Å²) in [6.45, 7) is 2.74. The number of rotatable bonds is 2. The number of ether oxygens (including phenoxy) is 2. The van der Waals surface area contributed by atoms with Crippen LogP contribution in [0.25, 0.3) is 0 Å². The van der Waals surface area contributed by atoms with Crippen LogP contribution in [0, 0.1) is 0 Å². The van der Waals surface area contributed by atoms with Gasteiger partial charge < -0.3 is 14.8 Å². The Morgan fingerprint density at radius 3 is 2.52 bits per heavy atom. The molecule has 21 heavy (non-hydrogen) atoms. The number of benzene rings is 1. The summed E-state index contributed by atoms with van der Waals surface area (Å²) < 4.78 is 12.0. The summed E-state index contributed by atoms with van der Waals surface area (Å²) in [5, 5.41) is 4.41. The highest BCUT2D eigenvalue weighted by atomic mass is 35.5. The third kappa shape index (κ3) is 2.40. The Labute approximate surface area is 131 Å². The highest BCUT2D eigenvalue weighted by Gasteiger charge is 2.30. The van der Waals surface area contributed by atoms with Gasteiger partial charge >= 0.3 is 0 Å². The van der Waals surface area contributed by atoms with Crippen LogP contribution in [0.5, 0.6) is 11.5 Å². The van der Waals surface area contributed by atoms with Gasteiger partial charge in [-0.3, -0.25) is 0 Å². The van der Waals surface area contributed by atoms with Gasteiger partial charge in [0.25, 0.3) is 0 Å². The first-order valence-corrected chi connectivity index (χ1v) is 8.57. The van der Waals surface area contributed by atoms with Crippen LogP contribution >= 0.6 is 11.6 Å². The molecule has 0 amide bonds. The van der Waals surface area contributed by atoms with Crippen molar-refractivity contribution in [3.8, 4) is 11.5 Å². The molecule has 114 valence electrons. The van der Waals surface area contributed by atoms with Crippen molar-refractivity contribution in [1.82, 2.24) is 5.32 Å². The van der Waals surface area contributed by atoms with Crippen LogP contribution in [0.2, 0.25) is 5.02 Å². The van der Waals surface area contributed by atoms with Crippen molar-refractivity contribution in [2.24, 2.45) is 0 Å². The minimum absolute atomic E-state index is 0.576. The third-order valence-corrected chi connectivity index (χ3v) is 5.30. The molecule has 4 heteroatoms. The van der Waals surface area contributed by atoms with Gasteiger partial charge in [-0.1, -0.05) is 11.6 Å². The maximum atomic E-state index is 6.61. The molecule has 3 nitrogen and oxygen atoms in total. The third-order valence-electron chi connectivity index (χ3n) is 4.90. The Hall–Kier alpha value is -0.930. The SMILES string of the molecule is Clc1c2c(c(CC3CCCN3)c3c1OCCC3)OCCC2. The van der Waals surface area contributed by atoms with Crippen molar-refractivity contribution in [2.75, 3.05) is 19.8 Å².